The summed E-state index contributed by atoms with van der Waals surface area (Å²) >= 11 is 0. The van der Waals surface area contributed by atoms with Crippen molar-refractivity contribution in [1.82, 2.24) is 15.1 Å². The van der Waals surface area contributed by atoms with Crippen LogP contribution < -0.4 is 0 Å². The van der Waals surface area contributed by atoms with E-state index in [0.717, 1.165) is 12.8 Å². The molecule has 1 aromatic heterocycles. The molecule has 0 unspecified atom stereocenters. The first kappa shape index (κ1) is 17.6. The lowest BCUT2D eigenvalue weighted by Gasteiger charge is -2.21. The Morgan fingerprint density at radius 1 is 1.28 bits per heavy atom. The van der Waals surface area contributed by atoms with Crippen LogP contribution in [0.25, 0.3) is 0 Å². The molecule has 1 fully saturated rings. The van der Waals surface area contributed by atoms with Gasteiger partial charge in [0.15, 0.2) is 0 Å². The lowest BCUT2D eigenvalue weighted by molar-refractivity contribution is -0.132. The van der Waals surface area contributed by atoms with Crippen molar-refractivity contribution < 1.29 is 17.6 Å². The van der Waals surface area contributed by atoms with Crippen molar-refractivity contribution in [3.05, 3.63) is 41.8 Å². The molecule has 0 saturated carbocycles. The number of hydrogen-bond donors (Lipinski definition) is 0. The van der Waals surface area contributed by atoms with Gasteiger partial charge in [-0.25, -0.2) is 8.42 Å². The van der Waals surface area contributed by atoms with E-state index < -0.39 is 9.84 Å². The van der Waals surface area contributed by atoms with Gasteiger partial charge in [-0.3, -0.25) is 4.79 Å². The van der Waals surface area contributed by atoms with Crippen molar-refractivity contribution >= 4 is 15.7 Å². The largest absolute Gasteiger partial charge is 0.410 e. The average molecular weight is 363 g/mol. The number of hydrogen-bond acceptors (Lipinski definition) is 6. The zero-order chi connectivity index (χ0) is 17.9. The molecular weight excluding hydrogens is 342 g/mol. The summed E-state index contributed by atoms with van der Waals surface area (Å²) in [6.45, 7) is 2.59. The van der Waals surface area contributed by atoms with Gasteiger partial charge in [-0.05, 0) is 24.8 Å². The highest BCUT2D eigenvalue weighted by molar-refractivity contribution is 7.90. The lowest BCUT2D eigenvalue weighted by Crippen LogP contribution is -2.30. The van der Waals surface area contributed by atoms with Gasteiger partial charge in [0.25, 0.3) is 0 Å². The third-order valence-electron chi connectivity index (χ3n) is 4.21. The van der Waals surface area contributed by atoms with E-state index in [4.69, 9.17) is 4.42 Å². The van der Waals surface area contributed by atoms with Crippen molar-refractivity contribution in [3.8, 4) is 0 Å². The molecule has 8 heteroatoms. The zero-order valence-corrected chi connectivity index (χ0v) is 14.9. The molecule has 0 spiro atoms. The Bertz CT molecular complexity index is 833. The van der Waals surface area contributed by atoms with Crippen LogP contribution in [0, 0.1) is 0 Å². The Balaban J connectivity index is 1.78. The van der Waals surface area contributed by atoms with Crippen LogP contribution >= 0.6 is 0 Å². The molecule has 0 bridgehead atoms. The maximum Gasteiger partial charge on any atom is 0.335 e. The van der Waals surface area contributed by atoms with Gasteiger partial charge in [0.2, 0.25) is 21.6 Å². The van der Waals surface area contributed by atoms with Gasteiger partial charge in [0.1, 0.15) is 6.04 Å². The number of carbonyl (C=O) groups is 1. The number of nitrogens with zero attached hydrogens (tertiary/aromatic N) is 3. The van der Waals surface area contributed by atoms with Crippen molar-refractivity contribution in [3.63, 3.8) is 0 Å². The van der Waals surface area contributed by atoms with E-state index in [-0.39, 0.29) is 28.8 Å². The van der Waals surface area contributed by atoms with Gasteiger partial charge in [-0.15, -0.1) is 5.10 Å². The number of benzene rings is 1. The summed E-state index contributed by atoms with van der Waals surface area (Å²) in [5, 5.41) is 7.25. The van der Waals surface area contributed by atoms with Gasteiger partial charge < -0.3 is 9.32 Å². The molecule has 1 saturated heterocycles. The molecule has 0 aliphatic carbocycles. The molecule has 1 aliphatic rings. The van der Waals surface area contributed by atoms with Crippen LogP contribution in [0.4, 0.5) is 0 Å². The number of aromatic nitrogens is 2. The molecule has 1 aromatic carbocycles. The van der Waals surface area contributed by atoms with E-state index in [1.165, 1.54) is 0 Å². The first-order valence-electron chi connectivity index (χ1n) is 8.41. The third-order valence-corrected chi connectivity index (χ3v) is 5.62. The molecule has 0 radical (unpaired) electrons. The summed E-state index contributed by atoms with van der Waals surface area (Å²) < 4.78 is 30.4. The Labute approximate surface area is 147 Å². The van der Waals surface area contributed by atoms with E-state index in [2.05, 4.69) is 10.2 Å². The molecule has 25 heavy (non-hydrogen) atoms. The summed E-state index contributed by atoms with van der Waals surface area (Å²) in [4.78, 5) is 13.9. The minimum atomic E-state index is -3.71. The monoisotopic (exact) mass is 363 g/mol. The van der Waals surface area contributed by atoms with Gasteiger partial charge >= 0.3 is 5.22 Å². The van der Waals surface area contributed by atoms with E-state index in [9.17, 15) is 13.2 Å². The number of sulfone groups is 1. The summed E-state index contributed by atoms with van der Waals surface area (Å²) in [6, 6.07) is 8.52. The quantitative estimate of drug-likeness (QED) is 0.783. The van der Waals surface area contributed by atoms with Crippen LogP contribution in [-0.2, 0) is 20.4 Å². The second-order valence-corrected chi connectivity index (χ2v) is 8.01. The van der Waals surface area contributed by atoms with E-state index >= 15 is 0 Å². The molecule has 1 aliphatic heterocycles. The Morgan fingerprint density at radius 3 is 2.76 bits per heavy atom. The summed E-state index contributed by atoms with van der Waals surface area (Å²) in [5.41, 5.74) is 0.655. The Kier molecular flexibility index (Phi) is 5.17. The van der Waals surface area contributed by atoms with E-state index in [0.29, 0.717) is 24.9 Å². The first-order chi connectivity index (χ1) is 12.0. The number of amides is 1. The molecule has 2 heterocycles. The summed E-state index contributed by atoms with van der Waals surface area (Å²) in [7, 11) is -3.71. The van der Waals surface area contributed by atoms with Gasteiger partial charge in [0, 0.05) is 13.0 Å². The Hall–Kier alpha value is -2.22. The highest BCUT2D eigenvalue weighted by Crippen LogP contribution is 2.32. The summed E-state index contributed by atoms with van der Waals surface area (Å²) in [5.74, 6) is 0.0454. The van der Waals surface area contributed by atoms with Crippen LogP contribution in [-0.4, -0.2) is 36.0 Å². The maximum absolute atomic E-state index is 12.5. The molecule has 1 amide bonds. The van der Waals surface area contributed by atoms with Gasteiger partial charge in [-0.1, -0.05) is 42.4 Å². The molecule has 7 nitrogen and oxygen atoms in total. The lowest BCUT2D eigenvalue weighted by atomic mass is 10.2. The topological polar surface area (TPSA) is 93.4 Å². The van der Waals surface area contributed by atoms with E-state index in [1.54, 1.807) is 29.2 Å². The van der Waals surface area contributed by atoms with Crippen molar-refractivity contribution in [1.29, 1.82) is 0 Å². The second-order valence-electron chi connectivity index (χ2n) is 6.15. The predicted octanol–water partition coefficient (Wildman–Crippen LogP) is 2.51. The van der Waals surface area contributed by atoms with Crippen LogP contribution in [0.3, 0.4) is 0 Å². The smallest absolute Gasteiger partial charge is 0.335 e. The molecule has 1 atom stereocenters. The number of rotatable bonds is 6. The van der Waals surface area contributed by atoms with Crippen LogP contribution in [0.5, 0.6) is 0 Å². The molecule has 134 valence electrons. The number of carbonyl (C=O) groups excluding carboxylic acids is 1. The minimum absolute atomic E-state index is 0.0388. The summed E-state index contributed by atoms with van der Waals surface area (Å²) in [6.07, 6.45) is 2.77. The third kappa shape index (κ3) is 3.89. The van der Waals surface area contributed by atoms with Crippen LogP contribution in [0.1, 0.15) is 50.1 Å². The van der Waals surface area contributed by atoms with Crippen molar-refractivity contribution in [2.45, 2.75) is 49.6 Å². The van der Waals surface area contributed by atoms with Gasteiger partial charge in [0.05, 0.1) is 5.75 Å². The van der Waals surface area contributed by atoms with Crippen molar-refractivity contribution in [2.24, 2.45) is 0 Å². The predicted molar refractivity (Wildman–Crippen MR) is 90.2 cm³/mol. The fourth-order valence-electron chi connectivity index (χ4n) is 3.02. The fraction of sp³-hybridized carbons (Fsp3) is 0.471. The highest BCUT2D eigenvalue weighted by atomic mass is 32.2. The number of likely N-dealkylation sites (tertiary alicyclic amines) is 1. The van der Waals surface area contributed by atoms with E-state index in [1.807, 2.05) is 13.0 Å². The minimum Gasteiger partial charge on any atom is -0.410 e. The van der Waals surface area contributed by atoms with Crippen LogP contribution in [0.2, 0.25) is 0 Å². The molecule has 3 rings (SSSR count). The maximum atomic E-state index is 12.5. The van der Waals surface area contributed by atoms with Gasteiger partial charge in [-0.2, -0.15) is 0 Å². The standard InChI is InChI=1S/C17H21N3O4S/c1-2-7-15(21)20-11-6-10-14(20)16-18-19-17(24-16)25(22,23)12-13-8-4-3-5-9-13/h3-5,8-9,14H,2,6-7,10-12H2,1H3/t14-/m0/s1. The Morgan fingerprint density at radius 2 is 2.04 bits per heavy atom. The molecular formula is C17H21N3O4S. The zero-order valence-electron chi connectivity index (χ0n) is 14.1. The molecule has 0 N–H and O–H groups in total. The van der Waals surface area contributed by atoms with Crippen LogP contribution in [0.15, 0.2) is 40.0 Å². The fourth-order valence-corrected chi connectivity index (χ4v) is 4.15. The normalized spacial score (nSPS) is 17.8. The second kappa shape index (κ2) is 7.35. The average Bonchev–Trinajstić information content (AvgIpc) is 3.25. The molecule has 2 aromatic rings. The van der Waals surface area contributed by atoms with Crippen molar-refractivity contribution in [2.75, 3.05) is 6.54 Å². The highest BCUT2D eigenvalue weighted by Gasteiger charge is 2.34. The first-order valence-corrected chi connectivity index (χ1v) is 10.1. The SMILES string of the molecule is CCCC(=O)N1CCC[C@H]1c1nnc(S(=O)(=O)Cc2ccccc2)o1.